The molecule has 0 amide bonds. The van der Waals surface area contributed by atoms with Gasteiger partial charge < -0.3 is 9.84 Å². The molecule has 0 aromatic heterocycles. The molecule has 0 saturated heterocycles. The van der Waals surface area contributed by atoms with Gasteiger partial charge in [-0.25, -0.2) is 0 Å². The fourth-order valence-corrected chi connectivity index (χ4v) is 0.600. The standard InChI is InChI=1S/C7H8O2/c1-2-6-4-3-5-9-7(6)8/h2-5,7-8H,1H2. The highest BCUT2D eigenvalue weighted by Gasteiger charge is 2.07. The summed E-state index contributed by atoms with van der Waals surface area (Å²) in [6.07, 6.45) is 5.64. The van der Waals surface area contributed by atoms with E-state index < -0.39 is 6.29 Å². The zero-order valence-electron chi connectivity index (χ0n) is 4.95. The average molecular weight is 124 g/mol. The van der Waals surface area contributed by atoms with E-state index >= 15 is 0 Å². The molecular formula is C7H8O2. The van der Waals surface area contributed by atoms with Gasteiger partial charge in [-0.05, 0) is 12.2 Å². The number of aliphatic hydroxyl groups excluding tert-OH is 1. The number of rotatable bonds is 1. The van der Waals surface area contributed by atoms with Gasteiger partial charge >= 0.3 is 0 Å². The molecular weight excluding hydrogens is 116 g/mol. The maximum atomic E-state index is 8.96. The fourth-order valence-electron chi connectivity index (χ4n) is 0.600. The molecule has 1 aliphatic rings. The van der Waals surface area contributed by atoms with Crippen molar-refractivity contribution < 1.29 is 9.84 Å². The Morgan fingerprint density at radius 1 is 1.78 bits per heavy atom. The molecule has 0 aromatic rings. The highest BCUT2D eigenvalue weighted by Crippen LogP contribution is 2.09. The second-order valence-electron chi connectivity index (χ2n) is 1.69. The third kappa shape index (κ3) is 1.21. The summed E-state index contributed by atoms with van der Waals surface area (Å²) in [7, 11) is 0. The first-order valence-electron chi connectivity index (χ1n) is 2.67. The molecule has 0 radical (unpaired) electrons. The maximum Gasteiger partial charge on any atom is 0.223 e. The summed E-state index contributed by atoms with van der Waals surface area (Å²) < 4.78 is 4.72. The molecule has 0 bridgehead atoms. The van der Waals surface area contributed by atoms with Gasteiger partial charge in [-0.3, -0.25) is 0 Å². The zero-order chi connectivity index (χ0) is 6.69. The molecule has 0 fully saturated rings. The minimum Gasteiger partial charge on any atom is -0.468 e. The highest BCUT2D eigenvalue weighted by molar-refractivity contribution is 5.25. The zero-order valence-corrected chi connectivity index (χ0v) is 4.95. The lowest BCUT2D eigenvalue weighted by atomic mass is 10.2. The second kappa shape index (κ2) is 2.51. The van der Waals surface area contributed by atoms with Gasteiger partial charge in [0.15, 0.2) is 0 Å². The largest absolute Gasteiger partial charge is 0.468 e. The lowest BCUT2D eigenvalue weighted by Crippen LogP contribution is -2.12. The summed E-state index contributed by atoms with van der Waals surface area (Å²) in [5.41, 5.74) is 0.692. The Balaban J connectivity index is 2.74. The van der Waals surface area contributed by atoms with Crippen LogP contribution in [-0.2, 0) is 4.74 Å². The lowest BCUT2D eigenvalue weighted by Gasteiger charge is -2.13. The molecule has 1 aliphatic heterocycles. The van der Waals surface area contributed by atoms with Crippen LogP contribution in [0.15, 0.2) is 36.6 Å². The van der Waals surface area contributed by atoms with Crippen LogP contribution in [0.25, 0.3) is 0 Å². The van der Waals surface area contributed by atoms with Crippen LogP contribution in [0.2, 0.25) is 0 Å². The topological polar surface area (TPSA) is 29.5 Å². The number of hydrogen-bond acceptors (Lipinski definition) is 2. The van der Waals surface area contributed by atoms with Crippen molar-refractivity contribution in [2.24, 2.45) is 0 Å². The SMILES string of the molecule is C=CC1=CC=COC1O. The van der Waals surface area contributed by atoms with E-state index in [1.54, 1.807) is 18.2 Å². The molecule has 0 spiro atoms. The van der Waals surface area contributed by atoms with Crippen molar-refractivity contribution in [1.82, 2.24) is 0 Å². The van der Waals surface area contributed by atoms with E-state index in [0.29, 0.717) is 5.57 Å². The van der Waals surface area contributed by atoms with Crippen LogP contribution in [0.3, 0.4) is 0 Å². The van der Waals surface area contributed by atoms with Crippen molar-refractivity contribution >= 4 is 0 Å². The van der Waals surface area contributed by atoms with Gasteiger partial charge in [0.05, 0.1) is 6.26 Å². The molecule has 1 rings (SSSR count). The van der Waals surface area contributed by atoms with E-state index in [-0.39, 0.29) is 0 Å². The van der Waals surface area contributed by atoms with E-state index in [0.717, 1.165) is 0 Å². The fraction of sp³-hybridized carbons (Fsp3) is 0.143. The van der Waals surface area contributed by atoms with Gasteiger partial charge in [0.25, 0.3) is 0 Å². The third-order valence-electron chi connectivity index (χ3n) is 1.10. The molecule has 9 heavy (non-hydrogen) atoms. The molecule has 2 heteroatoms. The molecule has 1 atom stereocenters. The van der Waals surface area contributed by atoms with Crippen molar-refractivity contribution in [1.29, 1.82) is 0 Å². The molecule has 1 heterocycles. The Labute approximate surface area is 53.8 Å². The summed E-state index contributed by atoms with van der Waals surface area (Å²) in [4.78, 5) is 0. The van der Waals surface area contributed by atoms with Crippen LogP contribution in [0.1, 0.15) is 0 Å². The number of allylic oxidation sites excluding steroid dienone is 2. The molecule has 0 saturated carbocycles. The molecule has 2 nitrogen and oxygen atoms in total. The summed E-state index contributed by atoms with van der Waals surface area (Å²) in [5.74, 6) is 0. The van der Waals surface area contributed by atoms with Gasteiger partial charge in [0.2, 0.25) is 6.29 Å². The molecule has 1 unspecified atom stereocenters. The molecule has 0 aromatic carbocycles. The Bertz CT molecular complexity index is 168. The minimum absolute atomic E-state index is 0.692. The summed E-state index contributed by atoms with van der Waals surface area (Å²) in [6, 6.07) is 0. The van der Waals surface area contributed by atoms with Crippen molar-refractivity contribution in [3.8, 4) is 0 Å². The molecule has 0 aliphatic carbocycles. The molecule has 48 valence electrons. The Hall–Kier alpha value is -1.02. The first-order chi connectivity index (χ1) is 4.34. The van der Waals surface area contributed by atoms with Crippen LogP contribution in [0.5, 0.6) is 0 Å². The number of hydrogen-bond donors (Lipinski definition) is 1. The van der Waals surface area contributed by atoms with Crippen LogP contribution < -0.4 is 0 Å². The van der Waals surface area contributed by atoms with Gasteiger partial charge in [-0.2, -0.15) is 0 Å². The Kier molecular flexibility index (Phi) is 1.70. The first kappa shape index (κ1) is 6.11. The summed E-state index contributed by atoms with van der Waals surface area (Å²) in [5, 5.41) is 8.96. The van der Waals surface area contributed by atoms with Crippen LogP contribution >= 0.6 is 0 Å². The van der Waals surface area contributed by atoms with E-state index in [9.17, 15) is 0 Å². The van der Waals surface area contributed by atoms with Gasteiger partial charge in [0.1, 0.15) is 0 Å². The predicted molar refractivity (Wildman–Crippen MR) is 34.5 cm³/mol. The summed E-state index contributed by atoms with van der Waals surface area (Å²) in [6.45, 7) is 3.49. The number of ether oxygens (including phenoxy) is 1. The third-order valence-corrected chi connectivity index (χ3v) is 1.10. The smallest absolute Gasteiger partial charge is 0.223 e. The van der Waals surface area contributed by atoms with E-state index in [2.05, 4.69) is 6.58 Å². The summed E-state index contributed by atoms with van der Waals surface area (Å²) >= 11 is 0. The highest BCUT2D eigenvalue weighted by atomic mass is 16.6. The lowest BCUT2D eigenvalue weighted by molar-refractivity contribution is -0.0202. The Morgan fingerprint density at radius 3 is 3.00 bits per heavy atom. The van der Waals surface area contributed by atoms with Crippen molar-refractivity contribution in [3.05, 3.63) is 36.6 Å². The average Bonchev–Trinajstić information content (AvgIpc) is 1.89. The molecule has 1 N–H and O–H groups in total. The monoisotopic (exact) mass is 124 g/mol. The quantitative estimate of drug-likeness (QED) is 0.564. The minimum atomic E-state index is -0.826. The predicted octanol–water partition coefficient (Wildman–Crippen LogP) is 0.961. The second-order valence-corrected chi connectivity index (χ2v) is 1.69. The van der Waals surface area contributed by atoms with Gasteiger partial charge in [-0.15, -0.1) is 0 Å². The van der Waals surface area contributed by atoms with Crippen LogP contribution in [0, 0.1) is 0 Å². The van der Waals surface area contributed by atoms with Crippen molar-refractivity contribution in [3.63, 3.8) is 0 Å². The first-order valence-corrected chi connectivity index (χ1v) is 2.67. The maximum absolute atomic E-state index is 8.96. The normalized spacial score (nSPS) is 24.6. The number of aliphatic hydroxyl groups is 1. The van der Waals surface area contributed by atoms with Crippen molar-refractivity contribution in [2.45, 2.75) is 6.29 Å². The van der Waals surface area contributed by atoms with Gasteiger partial charge in [0, 0.05) is 5.57 Å². The van der Waals surface area contributed by atoms with E-state index in [4.69, 9.17) is 9.84 Å². The van der Waals surface area contributed by atoms with E-state index in [1.807, 2.05) is 0 Å². The van der Waals surface area contributed by atoms with Gasteiger partial charge in [-0.1, -0.05) is 12.7 Å². The van der Waals surface area contributed by atoms with E-state index in [1.165, 1.54) is 6.26 Å². The van der Waals surface area contributed by atoms with Crippen LogP contribution in [0.4, 0.5) is 0 Å². The Morgan fingerprint density at radius 2 is 2.56 bits per heavy atom. The van der Waals surface area contributed by atoms with Crippen molar-refractivity contribution in [2.75, 3.05) is 0 Å². The van der Waals surface area contributed by atoms with Crippen LogP contribution in [-0.4, -0.2) is 11.4 Å².